The second-order valence-corrected chi connectivity index (χ2v) is 8.19. The molecule has 0 unspecified atom stereocenters. The number of furan rings is 1. The van der Waals surface area contributed by atoms with Gasteiger partial charge in [-0.1, -0.05) is 47.5 Å². The van der Waals surface area contributed by atoms with E-state index in [9.17, 15) is 4.79 Å². The zero-order chi connectivity index (χ0) is 22.7. The lowest BCUT2D eigenvalue weighted by Gasteiger charge is -2.09. The number of hydrogen-bond donors (Lipinski definition) is 1. The zero-order valence-corrected chi connectivity index (χ0v) is 19.1. The first-order valence-corrected chi connectivity index (χ1v) is 10.7. The van der Waals surface area contributed by atoms with Gasteiger partial charge in [-0.3, -0.25) is 9.48 Å². The fraction of sp³-hybridized carbons (Fsp3) is 0.167. The molecule has 8 heteroatoms. The van der Waals surface area contributed by atoms with E-state index in [0.29, 0.717) is 33.9 Å². The van der Waals surface area contributed by atoms with Gasteiger partial charge >= 0.3 is 0 Å². The lowest BCUT2D eigenvalue weighted by atomic mass is 10.2. The van der Waals surface area contributed by atoms with Crippen LogP contribution in [-0.4, -0.2) is 15.7 Å². The van der Waals surface area contributed by atoms with Gasteiger partial charge in [0.15, 0.2) is 11.6 Å². The molecule has 4 rings (SSSR count). The first kappa shape index (κ1) is 22.0. The Bertz CT molecular complexity index is 1230. The van der Waals surface area contributed by atoms with E-state index in [2.05, 4.69) is 10.4 Å². The third-order valence-electron chi connectivity index (χ3n) is 4.88. The van der Waals surface area contributed by atoms with Gasteiger partial charge in [0, 0.05) is 16.8 Å². The van der Waals surface area contributed by atoms with Crippen molar-refractivity contribution in [2.75, 3.05) is 5.32 Å². The van der Waals surface area contributed by atoms with Crippen molar-refractivity contribution < 1.29 is 13.9 Å². The minimum atomic E-state index is -0.388. The van der Waals surface area contributed by atoms with Gasteiger partial charge in [0.2, 0.25) is 0 Å². The van der Waals surface area contributed by atoms with Crippen LogP contribution in [0.15, 0.2) is 65.1 Å². The van der Waals surface area contributed by atoms with Gasteiger partial charge in [-0.05, 0) is 55.3 Å². The van der Waals surface area contributed by atoms with Gasteiger partial charge in [-0.15, -0.1) is 0 Å². The summed E-state index contributed by atoms with van der Waals surface area (Å²) in [6.45, 7) is 4.57. The van der Waals surface area contributed by atoms with Crippen molar-refractivity contribution >= 4 is 34.9 Å². The molecule has 0 spiro atoms. The number of aryl methyl sites for hydroxylation is 2. The minimum absolute atomic E-state index is 0.159. The average Bonchev–Trinajstić information content (AvgIpc) is 3.36. The van der Waals surface area contributed by atoms with Crippen molar-refractivity contribution in [2.45, 2.75) is 27.0 Å². The Labute approximate surface area is 195 Å². The third kappa shape index (κ3) is 5.15. The maximum Gasteiger partial charge on any atom is 0.292 e. The van der Waals surface area contributed by atoms with E-state index in [0.717, 1.165) is 16.8 Å². The highest BCUT2D eigenvalue weighted by molar-refractivity contribution is 6.32. The quantitative estimate of drug-likeness (QED) is 0.345. The summed E-state index contributed by atoms with van der Waals surface area (Å²) < 4.78 is 13.2. The first-order chi connectivity index (χ1) is 15.4. The highest BCUT2D eigenvalue weighted by atomic mass is 35.5. The number of rotatable bonds is 7. The molecule has 0 aliphatic rings. The number of nitrogens with one attached hydrogen (secondary N) is 1. The van der Waals surface area contributed by atoms with E-state index in [4.69, 9.17) is 32.4 Å². The van der Waals surface area contributed by atoms with Crippen molar-refractivity contribution in [1.82, 2.24) is 9.78 Å². The Hall–Kier alpha value is -3.22. The smallest absolute Gasteiger partial charge is 0.292 e. The standard InChI is InChI=1S/C24H21Cl2N3O3/c1-15-4-3-5-20(26)23(15)31-14-19-10-11-21(32-19)24(30)27-22-12-16(2)29(28-22)13-17-6-8-18(25)9-7-17/h3-12H,13-14H2,1-2H3,(H,27,28,30). The van der Waals surface area contributed by atoms with Gasteiger partial charge < -0.3 is 14.5 Å². The molecule has 0 bridgehead atoms. The molecule has 0 saturated heterocycles. The summed E-state index contributed by atoms with van der Waals surface area (Å²) in [4.78, 5) is 12.6. The van der Waals surface area contributed by atoms with Crippen molar-refractivity contribution in [2.24, 2.45) is 0 Å². The highest BCUT2D eigenvalue weighted by Gasteiger charge is 2.15. The largest absolute Gasteiger partial charge is 0.484 e. The molecule has 0 saturated carbocycles. The first-order valence-electron chi connectivity index (χ1n) is 9.96. The van der Waals surface area contributed by atoms with E-state index < -0.39 is 0 Å². The fourth-order valence-corrected chi connectivity index (χ4v) is 3.59. The summed E-state index contributed by atoms with van der Waals surface area (Å²) in [5.74, 6) is 1.34. The Kier molecular flexibility index (Phi) is 6.53. The predicted octanol–water partition coefficient (Wildman–Crippen LogP) is 6.28. The van der Waals surface area contributed by atoms with Gasteiger partial charge in [0.25, 0.3) is 5.91 Å². The lowest BCUT2D eigenvalue weighted by Crippen LogP contribution is -2.12. The van der Waals surface area contributed by atoms with E-state index >= 15 is 0 Å². The fourth-order valence-electron chi connectivity index (χ4n) is 3.19. The number of ether oxygens (including phenoxy) is 1. The monoisotopic (exact) mass is 469 g/mol. The highest BCUT2D eigenvalue weighted by Crippen LogP contribution is 2.29. The zero-order valence-electron chi connectivity index (χ0n) is 17.6. The Balaban J connectivity index is 1.38. The van der Waals surface area contributed by atoms with Crippen LogP contribution in [0.4, 0.5) is 5.82 Å². The molecule has 0 aliphatic heterocycles. The number of benzene rings is 2. The van der Waals surface area contributed by atoms with Crippen LogP contribution in [0.25, 0.3) is 0 Å². The minimum Gasteiger partial charge on any atom is -0.484 e. The summed E-state index contributed by atoms with van der Waals surface area (Å²) in [6.07, 6.45) is 0. The van der Waals surface area contributed by atoms with Crippen LogP contribution in [0, 0.1) is 13.8 Å². The molecule has 0 atom stereocenters. The molecule has 0 radical (unpaired) electrons. The molecule has 164 valence electrons. The van der Waals surface area contributed by atoms with Crippen LogP contribution in [-0.2, 0) is 13.2 Å². The number of amides is 1. The summed E-state index contributed by atoms with van der Waals surface area (Å²) in [5, 5.41) is 8.45. The molecule has 6 nitrogen and oxygen atoms in total. The Morgan fingerprint density at radius 2 is 1.88 bits per heavy atom. The average molecular weight is 470 g/mol. The molecule has 2 heterocycles. The molecule has 32 heavy (non-hydrogen) atoms. The van der Waals surface area contributed by atoms with Gasteiger partial charge in [0.1, 0.15) is 18.1 Å². The molecule has 2 aromatic heterocycles. The van der Waals surface area contributed by atoms with Crippen LogP contribution < -0.4 is 10.1 Å². The summed E-state index contributed by atoms with van der Waals surface area (Å²) in [5.41, 5.74) is 2.90. The molecule has 0 fully saturated rings. The maximum absolute atomic E-state index is 12.6. The normalized spacial score (nSPS) is 10.9. The van der Waals surface area contributed by atoms with Crippen LogP contribution in [0.5, 0.6) is 5.75 Å². The number of hydrogen-bond acceptors (Lipinski definition) is 4. The Morgan fingerprint density at radius 1 is 1.09 bits per heavy atom. The summed E-state index contributed by atoms with van der Waals surface area (Å²) in [6, 6.07) is 18.2. The molecule has 0 aliphatic carbocycles. The number of halogens is 2. The van der Waals surface area contributed by atoms with E-state index in [-0.39, 0.29) is 18.3 Å². The lowest BCUT2D eigenvalue weighted by molar-refractivity contribution is 0.0992. The number of aromatic nitrogens is 2. The van der Waals surface area contributed by atoms with Gasteiger partial charge in [-0.2, -0.15) is 5.10 Å². The molecule has 4 aromatic rings. The number of carbonyl (C=O) groups excluding carboxylic acids is 1. The predicted molar refractivity (Wildman–Crippen MR) is 125 cm³/mol. The van der Waals surface area contributed by atoms with Gasteiger partial charge in [0.05, 0.1) is 11.6 Å². The van der Waals surface area contributed by atoms with Crippen LogP contribution in [0.1, 0.15) is 33.1 Å². The van der Waals surface area contributed by atoms with Crippen LogP contribution in [0.3, 0.4) is 0 Å². The van der Waals surface area contributed by atoms with Crippen molar-refractivity contribution in [3.8, 4) is 5.75 Å². The van der Waals surface area contributed by atoms with Crippen molar-refractivity contribution in [3.05, 3.63) is 99.1 Å². The molecular formula is C24H21Cl2N3O3. The van der Waals surface area contributed by atoms with Crippen LogP contribution >= 0.6 is 23.2 Å². The third-order valence-corrected chi connectivity index (χ3v) is 5.43. The summed E-state index contributed by atoms with van der Waals surface area (Å²) >= 11 is 12.1. The van der Waals surface area contributed by atoms with Crippen molar-refractivity contribution in [1.29, 1.82) is 0 Å². The van der Waals surface area contributed by atoms with Crippen molar-refractivity contribution in [3.63, 3.8) is 0 Å². The van der Waals surface area contributed by atoms with Gasteiger partial charge in [-0.25, -0.2) is 0 Å². The van der Waals surface area contributed by atoms with E-state index in [1.807, 2.05) is 54.9 Å². The summed E-state index contributed by atoms with van der Waals surface area (Å²) in [7, 11) is 0. The molecule has 1 N–H and O–H groups in total. The number of para-hydroxylation sites is 1. The number of anilines is 1. The molecule has 1 amide bonds. The SMILES string of the molecule is Cc1cccc(Cl)c1OCc1ccc(C(=O)Nc2cc(C)n(Cc3ccc(Cl)cc3)n2)o1. The van der Waals surface area contributed by atoms with Crippen LogP contribution in [0.2, 0.25) is 10.0 Å². The van der Waals surface area contributed by atoms with E-state index in [1.54, 1.807) is 24.3 Å². The molecule has 2 aromatic carbocycles. The molecular weight excluding hydrogens is 449 g/mol. The number of nitrogens with zero attached hydrogens (tertiary/aromatic N) is 2. The second-order valence-electron chi connectivity index (χ2n) is 7.35. The topological polar surface area (TPSA) is 69.3 Å². The maximum atomic E-state index is 12.6. The number of carbonyl (C=O) groups is 1. The Morgan fingerprint density at radius 3 is 2.62 bits per heavy atom. The second kappa shape index (κ2) is 9.51. The van der Waals surface area contributed by atoms with E-state index in [1.165, 1.54) is 0 Å².